The Morgan fingerprint density at radius 2 is 1.82 bits per heavy atom. The average molecular weight is 410 g/mol. The van der Waals surface area contributed by atoms with Crippen LogP contribution in [0, 0.1) is 11.6 Å². The van der Waals surface area contributed by atoms with Crippen molar-refractivity contribution in [2.45, 2.75) is 37.1 Å². The molecule has 0 saturated carbocycles. The third-order valence-corrected chi connectivity index (χ3v) is 6.01. The Balaban J connectivity index is 1.62. The van der Waals surface area contributed by atoms with Gasteiger partial charge in [0.1, 0.15) is 22.3 Å². The van der Waals surface area contributed by atoms with Gasteiger partial charge in [-0.15, -0.1) is 0 Å². The largest absolute Gasteiger partial charge is 0.367 e. The van der Waals surface area contributed by atoms with Gasteiger partial charge in [-0.2, -0.15) is 0 Å². The Kier molecular flexibility index (Phi) is 6.46. The number of hydrogen-bond donors (Lipinski definition) is 2. The van der Waals surface area contributed by atoms with E-state index in [4.69, 9.17) is 0 Å². The summed E-state index contributed by atoms with van der Waals surface area (Å²) in [6.07, 6.45) is 4.39. The fourth-order valence-corrected chi connectivity index (χ4v) is 4.26. The predicted octanol–water partition coefficient (Wildman–Crippen LogP) is 3.45. The van der Waals surface area contributed by atoms with Crippen molar-refractivity contribution in [2.24, 2.45) is 0 Å². The molecule has 0 bridgehead atoms. The van der Waals surface area contributed by atoms with E-state index in [0.717, 1.165) is 51.0 Å². The van der Waals surface area contributed by atoms with Gasteiger partial charge in [-0.05, 0) is 50.1 Å². The summed E-state index contributed by atoms with van der Waals surface area (Å²) in [6, 6.07) is 5.81. The maximum Gasteiger partial charge on any atom is 0.263 e. The van der Waals surface area contributed by atoms with Gasteiger partial charge in [-0.1, -0.05) is 6.92 Å². The Morgan fingerprint density at radius 1 is 1.14 bits per heavy atom. The second-order valence-corrected chi connectivity index (χ2v) is 8.59. The van der Waals surface area contributed by atoms with Crippen LogP contribution in [-0.2, 0) is 10.0 Å². The molecule has 3 rings (SSSR count). The smallest absolute Gasteiger partial charge is 0.263 e. The van der Waals surface area contributed by atoms with E-state index >= 15 is 0 Å². The van der Waals surface area contributed by atoms with Crippen LogP contribution in [0.15, 0.2) is 41.4 Å². The normalized spacial score (nSPS) is 16.1. The molecule has 1 fully saturated rings. The van der Waals surface area contributed by atoms with Gasteiger partial charge in [0.25, 0.3) is 10.0 Å². The number of piperidine rings is 1. The summed E-state index contributed by atoms with van der Waals surface area (Å²) in [4.78, 5) is 6.53. The second-order valence-electron chi connectivity index (χ2n) is 6.90. The van der Waals surface area contributed by atoms with E-state index < -0.39 is 21.7 Å². The number of halogens is 2. The van der Waals surface area contributed by atoms with Crippen molar-refractivity contribution in [3.63, 3.8) is 0 Å². The maximum atomic E-state index is 13.2. The number of sulfonamides is 1. The molecular formula is C19H24F2N4O2S. The number of anilines is 2. The molecular weight excluding hydrogens is 386 g/mol. The first-order chi connectivity index (χ1) is 13.4. The van der Waals surface area contributed by atoms with Crippen LogP contribution in [0.3, 0.4) is 0 Å². The van der Waals surface area contributed by atoms with Gasteiger partial charge < -0.3 is 10.2 Å². The number of aromatic nitrogens is 1. The number of rotatable bonds is 7. The lowest BCUT2D eigenvalue weighted by Crippen LogP contribution is -2.39. The van der Waals surface area contributed by atoms with Gasteiger partial charge in [0.05, 0.1) is 5.69 Å². The minimum atomic E-state index is -3.99. The highest BCUT2D eigenvalue weighted by atomic mass is 32.2. The molecule has 0 amide bonds. The van der Waals surface area contributed by atoms with Crippen LogP contribution in [0.25, 0.3) is 0 Å². The third kappa shape index (κ3) is 5.39. The van der Waals surface area contributed by atoms with Crippen LogP contribution in [0.4, 0.5) is 20.3 Å². The van der Waals surface area contributed by atoms with Gasteiger partial charge in [-0.3, -0.25) is 4.72 Å². The first-order valence-electron chi connectivity index (χ1n) is 9.29. The molecule has 9 heteroatoms. The zero-order valence-electron chi connectivity index (χ0n) is 15.7. The van der Waals surface area contributed by atoms with Crippen LogP contribution >= 0.6 is 0 Å². The van der Waals surface area contributed by atoms with Crippen LogP contribution in [0.1, 0.15) is 26.2 Å². The van der Waals surface area contributed by atoms with Crippen molar-refractivity contribution in [2.75, 3.05) is 29.7 Å². The van der Waals surface area contributed by atoms with E-state index in [1.807, 2.05) is 0 Å². The number of hydrogen-bond acceptors (Lipinski definition) is 5. The van der Waals surface area contributed by atoms with Crippen molar-refractivity contribution in [1.82, 2.24) is 9.88 Å². The molecule has 152 valence electrons. The van der Waals surface area contributed by atoms with Crippen LogP contribution in [0.5, 0.6) is 0 Å². The minimum absolute atomic E-state index is 0.0829. The lowest BCUT2D eigenvalue weighted by molar-refractivity contribution is 0.219. The summed E-state index contributed by atoms with van der Waals surface area (Å²) in [7, 11) is -3.99. The van der Waals surface area contributed by atoms with E-state index in [1.165, 1.54) is 12.3 Å². The molecule has 1 saturated heterocycles. The van der Waals surface area contributed by atoms with Crippen molar-refractivity contribution in [3.8, 4) is 0 Å². The molecule has 28 heavy (non-hydrogen) atoms. The Labute approximate surface area is 164 Å². The first-order valence-corrected chi connectivity index (χ1v) is 10.8. The predicted molar refractivity (Wildman–Crippen MR) is 105 cm³/mol. The SMILES string of the molecule is CCCN1CCC(Nc2ccc(S(=O)(=O)Nc3cc(F)cc(F)c3)cn2)CC1. The number of nitrogens with one attached hydrogen (secondary N) is 2. The molecule has 0 atom stereocenters. The highest BCUT2D eigenvalue weighted by Crippen LogP contribution is 2.20. The summed E-state index contributed by atoms with van der Waals surface area (Å²) < 4.78 is 53.5. The van der Waals surface area contributed by atoms with Gasteiger partial charge in [0.2, 0.25) is 0 Å². The lowest BCUT2D eigenvalue weighted by Gasteiger charge is -2.32. The molecule has 0 unspecified atom stereocenters. The number of pyridine rings is 1. The van der Waals surface area contributed by atoms with Crippen molar-refractivity contribution in [1.29, 1.82) is 0 Å². The topological polar surface area (TPSA) is 74.3 Å². The fraction of sp³-hybridized carbons (Fsp3) is 0.421. The van der Waals surface area contributed by atoms with E-state index in [0.29, 0.717) is 17.9 Å². The second kappa shape index (κ2) is 8.83. The summed E-state index contributed by atoms with van der Waals surface area (Å²) in [5, 5.41) is 3.33. The van der Waals surface area contributed by atoms with Crippen molar-refractivity contribution < 1.29 is 17.2 Å². The lowest BCUT2D eigenvalue weighted by atomic mass is 10.0. The number of nitrogens with zero attached hydrogens (tertiary/aromatic N) is 2. The number of benzene rings is 1. The molecule has 6 nitrogen and oxygen atoms in total. The summed E-state index contributed by atoms with van der Waals surface area (Å²) in [5.41, 5.74) is -0.182. The van der Waals surface area contributed by atoms with E-state index in [-0.39, 0.29) is 10.6 Å². The van der Waals surface area contributed by atoms with E-state index in [9.17, 15) is 17.2 Å². The monoisotopic (exact) mass is 410 g/mol. The molecule has 0 spiro atoms. The van der Waals surface area contributed by atoms with Crippen LogP contribution in [0.2, 0.25) is 0 Å². The number of likely N-dealkylation sites (tertiary alicyclic amines) is 1. The van der Waals surface area contributed by atoms with Gasteiger partial charge >= 0.3 is 0 Å². The highest BCUT2D eigenvalue weighted by molar-refractivity contribution is 7.92. The molecule has 2 aromatic rings. The third-order valence-electron chi connectivity index (χ3n) is 4.64. The summed E-state index contributed by atoms with van der Waals surface area (Å²) in [5.74, 6) is -1.12. The van der Waals surface area contributed by atoms with E-state index in [1.54, 1.807) is 6.07 Å². The zero-order valence-corrected chi connectivity index (χ0v) is 16.5. The van der Waals surface area contributed by atoms with Crippen LogP contribution in [-0.4, -0.2) is 44.0 Å². The van der Waals surface area contributed by atoms with Crippen molar-refractivity contribution >= 4 is 21.5 Å². The minimum Gasteiger partial charge on any atom is -0.367 e. The molecule has 1 aliphatic rings. The van der Waals surface area contributed by atoms with Gasteiger partial charge in [-0.25, -0.2) is 22.2 Å². The average Bonchev–Trinajstić information content (AvgIpc) is 2.63. The molecule has 2 heterocycles. The van der Waals surface area contributed by atoms with Crippen molar-refractivity contribution in [3.05, 3.63) is 48.2 Å². The molecule has 0 aliphatic carbocycles. The van der Waals surface area contributed by atoms with Gasteiger partial charge in [0.15, 0.2) is 0 Å². The quantitative estimate of drug-likeness (QED) is 0.731. The molecule has 2 N–H and O–H groups in total. The Morgan fingerprint density at radius 3 is 2.39 bits per heavy atom. The summed E-state index contributed by atoms with van der Waals surface area (Å²) >= 11 is 0. The standard InChI is InChI=1S/C19H24F2N4O2S/c1-2-7-25-8-5-16(6-9-25)23-19-4-3-18(13-22-19)28(26,27)24-17-11-14(20)10-15(21)12-17/h3-4,10-13,16,24H,2,5-9H2,1H3,(H,22,23). The first kappa shape index (κ1) is 20.5. The molecule has 1 aliphatic heterocycles. The Hall–Kier alpha value is -2.26. The summed E-state index contributed by atoms with van der Waals surface area (Å²) in [6.45, 7) is 5.35. The molecule has 1 aromatic heterocycles. The molecule has 0 radical (unpaired) electrons. The maximum absolute atomic E-state index is 13.2. The molecule has 1 aromatic carbocycles. The zero-order chi connectivity index (χ0) is 20.1. The Bertz CT molecular complexity index is 878. The van der Waals surface area contributed by atoms with Crippen LogP contribution < -0.4 is 10.0 Å². The van der Waals surface area contributed by atoms with Gasteiger partial charge in [0, 0.05) is 31.4 Å². The highest BCUT2D eigenvalue weighted by Gasteiger charge is 2.20. The van der Waals surface area contributed by atoms with E-state index in [2.05, 4.69) is 26.8 Å². The fourth-order valence-electron chi connectivity index (χ4n) is 3.28.